The average molecular weight is 383 g/mol. The van der Waals surface area contributed by atoms with Crippen molar-refractivity contribution in [1.29, 1.82) is 0 Å². The second kappa shape index (κ2) is 8.05. The van der Waals surface area contributed by atoms with Crippen molar-refractivity contribution in [2.24, 2.45) is 11.8 Å². The van der Waals surface area contributed by atoms with Crippen LogP contribution in [-0.4, -0.2) is 9.78 Å². The molecule has 2 atom stereocenters. The lowest BCUT2D eigenvalue weighted by Crippen LogP contribution is -2.09. The summed E-state index contributed by atoms with van der Waals surface area (Å²) in [5.74, 6) is 1.45. The molecule has 4 aliphatic rings. The summed E-state index contributed by atoms with van der Waals surface area (Å²) in [5.41, 5.74) is 12.6. The fraction of sp³-hybridized carbons (Fsp3) is 0.407. The summed E-state index contributed by atoms with van der Waals surface area (Å²) in [6.45, 7) is 3.42. The van der Waals surface area contributed by atoms with Gasteiger partial charge in [0.2, 0.25) is 0 Å². The predicted octanol–water partition coefficient (Wildman–Crippen LogP) is 6.63. The molecule has 1 heterocycles. The molecule has 1 aromatic rings. The van der Waals surface area contributed by atoms with Crippen LogP contribution in [0, 0.1) is 11.8 Å². The Morgan fingerprint density at radius 3 is 3.03 bits per heavy atom. The molecular weight excluding hydrogens is 352 g/mol. The third-order valence-corrected chi connectivity index (χ3v) is 6.86. The van der Waals surface area contributed by atoms with E-state index >= 15 is 0 Å². The molecule has 0 amide bonds. The normalized spacial score (nSPS) is 26.5. The molecule has 5 rings (SSSR count). The van der Waals surface area contributed by atoms with Gasteiger partial charge in [0.05, 0.1) is 0 Å². The van der Waals surface area contributed by atoms with Gasteiger partial charge in [0.1, 0.15) is 0 Å². The molecule has 0 N–H and O–H groups in total. The Bertz CT molecular complexity index is 1000. The van der Waals surface area contributed by atoms with Gasteiger partial charge in [0.15, 0.2) is 0 Å². The van der Waals surface area contributed by atoms with E-state index in [9.17, 15) is 0 Å². The van der Waals surface area contributed by atoms with Crippen LogP contribution in [0.2, 0.25) is 0 Å². The first kappa shape index (κ1) is 18.5. The van der Waals surface area contributed by atoms with E-state index in [1.807, 2.05) is 12.3 Å². The van der Waals surface area contributed by atoms with Crippen molar-refractivity contribution in [3.8, 4) is 0 Å². The molecule has 29 heavy (non-hydrogen) atoms. The molecule has 4 aliphatic carbocycles. The highest BCUT2D eigenvalue weighted by Crippen LogP contribution is 2.41. The van der Waals surface area contributed by atoms with E-state index in [1.165, 1.54) is 41.6 Å². The number of hydrogen-bond acceptors (Lipinski definition) is 1. The van der Waals surface area contributed by atoms with E-state index in [2.05, 4.69) is 65.1 Å². The highest BCUT2D eigenvalue weighted by molar-refractivity contribution is 5.59. The fourth-order valence-corrected chi connectivity index (χ4v) is 5.09. The van der Waals surface area contributed by atoms with Gasteiger partial charge in [-0.1, -0.05) is 37.3 Å². The summed E-state index contributed by atoms with van der Waals surface area (Å²) in [4.78, 5) is 0. The van der Waals surface area contributed by atoms with Crippen LogP contribution < -0.4 is 0 Å². The molecule has 0 spiro atoms. The van der Waals surface area contributed by atoms with Gasteiger partial charge in [-0.2, -0.15) is 5.10 Å². The molecule has 1 aromatic heterocycles. The topological polar surface area (TPSA) is 17.8 Å². The first-order valence-corrected chi connectivity index (χ1v) is 11.2. The summed E-state index contributed by atoms with van der Waals surface area (Å²) in [6, 6.07) is 2.02. The van der Waals surface area contributed by atoms with E-state index in [0.29, 0.717) is 5.92 Å². The highest BCUT2D eigenvalue weighted by atomic mass is 15.3. The largest absolute Gasteiger partial charge is 0.272 e. The number of allylic oxidation sites excluding steroid dienone is 11. The maximum Gasteiger partial charge on any atom is 0.0489 e. The van der Waals surface area contributed by atoms with Crippen LogP contribution in [0.5, 0.6) is 0 Å². The Morgan fingerprint density at radius 1 is 1.21 bits per heavy atom. The standard InChI is InChI=1S/C27H30N2/c1-20-7-10-23-13-12-22-5-2-3-6-24(22)18-27(26(23)14-8-20)25-11-9-21(17-25)19-29-16-4-15-28-29/h2-5,11-12,15-16,18,20-21H,6-10,14,17,19H2,1H3. The summed E-state index contributed by atoms with van der Waals surface area (Å²) in [6.07, 6.45) is 26.2. The fourth-order valence-electron chi connectivity index (χ4n) is 5.09. The van der Waals surface area contributed by atoms with Crippen molar-refractivity contribution in [3.63, 3.8) is 0 Å². The van der Waals surface area contributed by atoms with E-state index in [4.69, 9.17) is 0 Å². The third-order valence-electron chi connectivity index (χ3n) is 6.86. The zero-order valence-corrected chi connectivity index (χ0v) is 17.4. The van der Waals surface area contributed by atoms with Crippen molar-refractivity contribution in [2.45, 2.75) is 58.4 Å². The molecule has 2 heteroatoms. The van der Waals surface area contributed by atoms with Crippen molar-refractivity contribution in [1.82, 2.24) is 9.78 Å². The van der Waals surface area contributed by atoms with E-state index in [1.54, 1.807) is 11.1 Å². The van der Waals surface area contributed by atoms with Crippen LogP contribution in [0.4, 0.5) is 0 Å². The van der Waals surface area contributed by atoms with Gasteiger partial charge in [0.25, 0.3) is 0 Å². The first-order valence-electron chi connectivity index (χ1n) is 11.2. The number of fused-ring (bicyclic) bond motifs is 2. The second-order valence-electron chi connectivity index (χ2n) is 9.03. The van der Waals surface area contributed by atoms with Crippen molar-refractivity contribution in [2.75, 3.05) is 0 Å². The van der Waals surface area contributed by atoms with Crippen LogP contribution >= 0.6 is 0 Å². The molecule has 148 valence electrons. The Hall–Kier alpha value is -2.57. The minimum Gasteiger partial charge on any atom is -0.272 e. The van der Waals surface area contributed by atoms with Crippen LogP contribution in [0.1, 0.15) is 51.9 Å². The van der Waals surface area contributed by atoms with Gasteiger partial charge in [-0.25, -0.2) is 0 Å². The maximum absolute atomic E-state index is 4.42. The Morgan fingerprint density at radius 2 is 2.14 bits per heavy atom. The van der Waals surface area contributed by atoms with Crippen molar-refractivity contribution in [3.05, 3.63) is 94.1 Å². The molecule has 2 unspecified atom stereocenters. The van der Waals surface area contributed by atoms with Crippen LogP contribution in [0.25, 0.3) is 0 Å². The molecule has 0 radical (unpaired) electrons. The number of rotatable bonds is 3. The minimum absolute atomic E-state index is 0.649. The minimum atomic E-state index is 0.649. The molecule has 0 bridgehead atoms. The number of hydrogen-bond donors (Lipinski definition) is 0. The molecule has 0 aromatic carbocycles. The second-order valence-corrected chi connectivity index (χ2v) is 9.03. The summed E-state index contributed by atoms with van der Waals surface area (Å²) in [7, 11) is 0. The Kier molecular flexibility index (Phi) is 5.12. The maximum atomic E-state index is 4.42. The first-order chi connectivity index (χ1) is 14.3. The third kappa shape index (κ3) is 3.95. The lowest BCUT2D eigenvalue weighted by molar-refractivity contribution is 0.438. The van der Waals surface area contributed by atoms with Gasteiger partial charge in [-0.15, -0.1) is 5.73 Å². The van der Waals surface area contributed by atoms with Crippen molar-refractivity contribution >= 4 is 0 Å². The Labute approximate surface area is 174 Å². The van der Waals surface area contributed by atoms with Crippen molar-refractivity contribution < 1.29 is 0 Å². The van der Waals surface area contributed by atoms with E-state index < -0.39 is 0 Å². The zero-order valence-electron chi connectivity index (χ0n) is 17.4. The quantitative estimate of drug-likeness (QED) is 0.536. The van der Waals surface area contributed by atoms with Crippen LogP contribution in [-0.2, 0) is 6.54 Å². The number of nitrogens with zero attached hydrogens (tertiary/aromatic N) is 2. The van der Waals surface area contributed by atoms with Gasteiger partial charge in [-0.05, 0) is 102 Å². The summed E-state index contributed by atoms with van der Waals surface area (Å²) >= 11 is 0. The molecule has 2 nitrogen and oxygen atoms in total. The number of aromatic nitrogens is 2. The summed E-state index contributed by atoms with van der Waals surface area (Å²) < 4.78 is 2.09. The lowest BCUT2D eigenvalue weighted by atomic mass is 9.85. The average Bonchev–Trinajstić information content (AvgIpc) is 3.36. The highest BCUT2D eigenvalue weighted by Gasteiger charge is 2.25. The van der Waals surface area contributed by atoms with Gasteiger partial charge in [-0.3, -0.25) is 4.68 Å². The van der Waals surface area contributed by atoms with Crippen LogP contribution in [0.3, 0.4) is 0 Å². The molecule has 1 fully saturated rings. The zero-order chi connectivity index (χ0) is 19.6. The monoisotopic (exact) mass is 382 g/mol. The lowest BCUT2D eigenvalue weighted by Gasteiger charge is -2.20. The van der Waals surface area contributed by atoms with Gasteiger partial charge >= 0.3 is 0 Å². The summed E-state index contributed by atoms with van der Waals surface area (Å²) in [5, 5.41) is 4.42. The molecular formula is C27H30N2. The van der Waals surface area contributed by atoms with E-state index in [-0.39, 0.29) is 0 Å². The predicted molar refractivity (Wildman–Crippen MR) is 119 cm³/mol. The Balaban J connectivity index is 1.52. The smallest absolute Gasteiger partial charge is 0.0489 e. The van der Waals surface area contributed by atoms with Crippen LogP contribution in [0.15, 0.2) is 94.1 Å². The molecule has 0 aliphatic heterocycles. The van der Waals surface area contributed by atoms with E-state index in [0.717, 1.165) is 38.1 Å². The van der Waals surface area contributed by atoms with Gasteiger partial charge < -0.3 is 0 Å². The SMILES string of the molecule is CC1CCC2=C=CC3=CC=CCC3=CC(C3=CCC(Cn4cccn4)C3)=C2CC1. The van der Waals surface area contributed by atoms with Gasteiger partial charge in [0, 0.05) is 18.9 Å². The molecule has 1 saturated carbocycles. The molecule has 0 saturated heterocycles.